The van der Waals surface area contributed by atoms with Gasteiger partial charge in [-0.1, -0.05) is 17.7 Å². The first-order valence-corrected chi connectivity index (χ1v) is 10.1. The Labute approximate surface area is 137 Å². The SMILES string of the molecule is COP(=O)(O)Oc1ccc(C)cc1C1C2CC3CC(C2)CC1C3. The van der Waals surface area contributed by atoms with Crippen molar-refractivity contribution in [2.24, 2.45) is 23.7 Å². The molecule has 0 saturated heterocycles. The number of aryl methyl sites for hydroxylation is 1. The number of hydrogen-bond donors (Lipinski definition) is 1. The van der Waals surface area contributed by atoms with E-state index in [1.807, 2.05) is 12.1 Å². The van der Waals surface area contributed by atoms with Crippen molar-refractivity contribution in [2.75, 3.05) is 7.11 Å². The fourth-order valence-corrected chi connectivity index (χ4v) is 6.10. The van der Waals surface area contributed by atoms with Crippen LogP contribution in [-0.4, -0.2) is 12.0 Å². The van der Waals surface area contributed by atoms with Gasteiger partial charge >= 0.3 is 7.82 Å². The van der Waals surface area contributed by atoms with E-state index in [4.69, 9.17) is 4.52 Å². The van der Waals surface area contributed by atoms with Gasteiger partial charge in [0.25, 0.3) is 0 Å². The summed E-state index contributed by atoms with van der Waals surface area (Å²) in [5.74, 6) is 4.22. The number of rotatable bonds is 4. The molecule has 4 nitrogen and oxygen atoms in total. The molecule has 4 bridgehead atoms. The highest BCUT2D eigenvalue weighted by atomic mass is 31.2. The maximum Gasteiger partial charge on any atom is 0.527 e. The van der Waals surface area contributed by atoms with Gasteiger partial charge in [-0.2, -0.15) is 0 Å². The summed E-state index contributed by atoms with van der Waals surface area (Å²) in [6, 6.07) is 5.92. The molecule has 1 aromatic rings. The van der Waals surface area contributed by atoms with Gasteiger partial charge in [-0.15, -0.1) is 0 Å². The van der Waals surface area contributed by atoms with E-state index in [1.54, 1.807) is 0 Å². The van der Waals surface area contributed by atoms with E-state index in [1.165, 1.54) is 44.8 Å². The van der Waals surface area contributed by atoms with Crippen LogP contribution in [0.4, 0.5) is 0 Å². The minimum Gasteiger partial charge on any atom is -0.404 e. The minimum absolute atomic E-state index is 0.467. The average Bonchev–Trinajstić information content (AvgIpc) is 2.48. The highest BCUT2D eigenvalue weighted by molar-refractivity contribution is 7.47. The summed E-state index contributed by atoms with van der Waals surface area (Å²) < 4.78 is 21.9. The van der Waals surface area contributed by atoms with Crippen LogP contribution in [0.2, 0.25) is 0 Å². The molecule has 0 heterocycles. The van der Waals surface area contributed by atoms with Gasteiger partial charge in [-0.05, 0) is 80.2 Å². The molecule has 0 radical (unpaired) electrons. The van der Waals surface area contributed by atoms with E-state index in [9.17, 15) is 9.46 Å². The van der Waals surface area contributed by atoms with Crippen LogP contribution in [0.25, 0.3) is 0 Å². The lowest BCUT2D eigenvalue weighted by molar-refractivity contribution is -0.00336. The Hall–Kier alpha value is -0.830. The molecule has 4 fully saturated rings. The zero-order valence-corrected chi connectivity index (χ0v) is 14.7. The fourth-order valence-electron chi connectivity index (χ4n) is 5.61. The van der Waals surface area contributed by atoms with E-state index in [0.29, 0.717) is 23.5 Å². The summed E-state index contributed by atoms with van der Waals surface area (Å²) >= 11 is 0. The quantitative estimate of drug-likeness (QED) is 0.813. The summed E-state index contributed by atoms with van der Waals surface area (Å²) in [5.41, 5.74) is 2.29. The Morgan fingerprint density at radius 1 is 1.09 bits per heavy atom. The lowest BCUT2D eigenvalue weighted by Crippen LogP contribution is -2.43. The van der Waals surface area contributed by atoms with Crippen LogP contribution in [0, 0.1) is 30.6 Å². The maximum atomic E-state index is 11.9. The maximum absolute atomic E-state index is 11.9. The molecule has 1 atom stereocenters. The van der Waals surface area contributed by atoms with Crippen molar-refractivity contribution in [1.29, 1.82) is 0 Å². The Kier molecular flexibility index (Phi) is 3.83. The lowest BCUT2D eigenvalue weighted by Gasteiger charge is -2.54. The Balaban J connectivity index is 1.70. The van der Waals surface area contributed by atoms with Crippen LogP contribution in [0.1, 0.15) is 49.1 Å². The van der Waals surface area contributed by atoms with Crippen molar-refractivity contribution in [3.63, 3.8) is 0 Å². The normalized spacial score (nSPS) is 37.6. The molecule has 0 amide bonds. The Bertz CT molecular complexity index is 628. The highest BCUT2D eigenvalue weighted by Crippen LogP contribution is 2.61. The van der Waals surface area contributed by atoms with E-state index in [2.05, 4.69) is 17.5 Å². The van der Waals surface area contributed by atoms with Crippen LogP contribution in [0.15, 0.2) is 18.2 Å². The Morgan fingerprint density at radius 3 is 2.26 bits per heavy atom. The fraction of sp³-hybridized carbons (Fsp3) is 0.667. The first-order valence-electron chi connectivity index (χ1n) is 8.64. The molecule has 5 heteroatoms. The predicted octanol–water partition coefficient (Wildman–Crippen LogP) is 4.66. The number of benzene rings is 1. The summed E-state index contributed by atoms with van der Waals surface area (Å²) in [4.78, 5) is 9.73. The number of phosphoric ester groups is 1. The Morgan fingerprint density at radius 2 is 1.70 bits per heavy atom. The van der Waals surface area contributed by atoms with Gasteiger partial charge in [0.1, 0.15) is 5.75 Å². The third kappa shape index (κ3) is 2.86. The van der Waals surface area contributed by atoms with Crippen LogP contribution in [0.3, 0.4) is 0 Å². The van der Waals surface area contributed by atoms with Crippen molar-refractivity contribution < 1.29 is 18.5 Å². The third-order valence-electron chi connectivity index (χ3n) is 6.20. The van der Waals surface area contributed by atoms with Crippen LogP contribution >= 0.6 is 7.82 Å². The number of hydrogen-bond acceptors (Lipinski definition) is 3. The second-order valence-electron chi connectivity index (χ2n) is 7.74. The molecule has 0 aromatic heterocycles. The molecule has 4 aliphatic rings. The molecule has 23 heavy (non-hydrogen) atoms. The molecule has 1 aromatic carbocycles. The van der Waals surface area contributed by atoms with Crippen molar-refractivity contribution in [3.8, 4) is 5.75 Å². The monoisotopic (exact) mass is 336 g/mol. The van der Waals surface area contributed by atoms with Gasteiger partial charge in [-0.3, -0.25) is 9.42 Å². The zero-order chi connectivity index (χ0) is 16.2. The van der Waals surface area contributed by atoms with Crippen LogP contribution in [-0.2, 0) is 9.09 Å². The van der Waals surface area contributed by atoms with E-state index < -0.39 is 7.82 Å². The summed E-state index contributed by atoms with van der Waals surface area (Å²) in [6.45, 7) is 2.07. The smallest absolute Gasteiger partial charge is 0.404 e. The molecule has 0 aliphatic heterocycles. The molecule has 1 unspecified atom stereocenters. The van der Waals surface area contributed by atoms with Crippen LogP contribution < -0.4 is 4.52 Å². The number of phosphoric acid groups is 1. The molecule has 1 N–H and O–H groups in total. The lowest BCUT2D eigenvalue weighted by atomic mass is 9.50. The molecule has 4 aliphatic carbocycles. The van der Waals surface area contributed by atoms with Gasteiger partial charge in [0.2, 0.25) is 0 Å². The van der Waals surface area contributed by atoms with Crippen molar-refractivity contribution in [2.45, 2.75) is 44.9 Å². The first kappa shape index (κ1) is 15.7. The third-order valence-corrected chi connectivity index (χ3v) is 7.08. The van der Waals surface area contributed by atoms with E-state index in [-0.39, 0.29) is 0 Å². The molecule has 0 spiro atoms. The molecular formula is C18H25O4P. The van der Waals surface area contributed by atoms with E-state index >= 15 is 0 Å². The standard InChI is InChI=1S/C18H25O4P/c1-11-3-4-17(22-23(19,20)21-2)16(5-11)18-14-7-12-6-13(9-14)10-15(18)8-12/h3-5,12-15,18H,6-10H2,1-2H3,(H,19,20). The molecule has 4 saturated carbocycles. The summed E-state index contributed by atoms with van der Waals surface area (Å²) in [7, 11) is -2.82. The molecular weight excluding hydrogens is 311 g/mol. The van der Waals surface area contributed by atoms with Gasteiger partial charge in [0.05, 0.1) is 0 Å². The summed E-state index contributed by atoms with van der Waals surface area (Å²) in [5, 5.41) is 0. The van der Waals surface area contributed by atoms with E-state index in [0.717, 1.165) is 17.4 Å². The predicted molar refractivity (Wildman–Crippen MR) is 88.4 cm³/mol. The van der Waals surface area contributed by atoms with Gasteiger partial charge < -0.3 is 4.52 Å². The molecule has 126 valence electrons. The summed E-state index contributed by atoms with van der Waals surface area (Å²) in [6.07, 6.45) is 6.67. The second kappa shape index (κ2) is 5.61. The van der Waals surface area contributed by atoms with Gasteiger partial charge in [0, 0.05) is 7.11 Å². The van der Waals surface area contributed by atoms with Gasteiger partial charge in [-0.25, -0.2) is 4.57 Å². The average molecular weight is 336 g/mol. The highest BCUT2D eigenvalue weighted by Gasteiger charge is 2.49. The topological polar surface area (TPSA) is 55.8 Å². The second-order valence-corrected chi connectivity index (χ2v) is 9.23. The van der Waals surface area contributed by atoms with Crippen molar-refractivity contribution in [3.05, 3.63) is 29.3 Å². The minimum atomic E-state index is -4.02. The molecule has 5 rings (SSSR count). The largest absolute Gasteiger partial charge is 0.527 e. The van der Waals surface area contributed by atoms with Crippen molar-refractivity contribution >= 4 is 7.82 Å². The van der Waals surface area contributed by atoms with Crippen LogP contribution in [0.5, 0.6) is 5.75 Å². The van der Waals surface area contributed by atoms with Gasteiger partial charge in [0.15, 0.2) is 0 Å². The first-order chi connectivity index (χ1) is 10.9. The van der Waals surface area contributed by atoms with Crippen molar-refractivity contribution in [1.82, 2.24) is 0 Å². The zero-order valence-electron chi connectivity index (χ0n) is 13.8.